The van der Waals surface area contributed by atoms with Crippen molar-refractivity contribution < 1.29 is 9.90 Å². The fraction of sp³-hybridized carbons (Fsp3) is 0.917. The predicted molar refractivity (Wildman–Crippen MR) is 60.5 cm³/mol. The molecule has 88 valence electrons. The molecule has 3 nitrogen and oxygen atoms in total. The molecule has 0 aromatic carbocycles. The van der Waals surface area contributed by atoms with Gasteiger partial charge in [0.25, 0.3) is 0 Å². The Morgan fingerprint density at radius 3 is 2.27 bits per heavy atom. The Hall–Kier alpha value is -0.570. The lowest BCUT2D eigenvalue weighted by Gasteiger charge is -2.38. The SMILES string of the molecule is CN(C(=O)C(C)(C)C)[C@@H]1CCCC[C@H]1O. The lowest BCUT2D eigenvalue weighted by atomic mass is 9.88. The van der Waals surface area contributed by atoms with E-state index in [9.17, 15) is 9.90 Å². The van der Waals surface area contributed by atoms with Crippen molar-refractivity contribution in [2.75, 3.05) is 7.05 Å². The van der Waals surface area contributed by atoms with Gasteiger partial charge in [0.2, 0.25) is 5.91 Å². The molecule has 15 heavy (non-hydrogen) atoms. The molecule has 1 aliphatic carbocycles. The maximum Gasteiger partial charge on any atom is 0.228 e. The normalized spacial score (nSPS) is 27.5. The summed E-state index contributed by atoms with van der Waals surface area (Å²) in [5, 5.41) is 9.86. The monoisotopic (exact) mass is 213 g/mol. The third-order valence-electron chi connectivity index (χ3n) is 3.15. The van der Waals surface area contributed by atoms with Crippen molar-refractivity contribution in [1.82, 2.24) is 4.90 Å². The zero-order valence-corrected chi connectivity index (χ0v) is 10.3. The fourth-order valence-electron chi connectivity index (χ4n) is 2.22. The second kappa shape index (κ2) is 4.52. The maximum absolute atomic E-state index is 12.0. The van der Waals surface area contributed by atoms with E-state index in [0.717, 1.165) is 25.7 Å². The summed E-state index contributed by atoms with van der Waals surface area (Å²) >= 11 is 0. The molecular weight excluding hydrogens is 190 g/mol. The molecule has 1 fully saturated rings. The first kappa shape index (κ1) is 12.5. The third kappa shape index (κ3) is 2.94. The van der Waals surface area contributed by atoms with E-state index in [-0.39, 0.29) is 23.5 Å². The largest absolute Gasteiger partial charge is 0.391 e. The Bertz CT molecular complexity index is 232. The van der Waals surface area contributed by atoms with E-state index in [0.29, 0.717) is 0 Å². The number of likely N-dealkylation sites (N-methyl/N-ethyl adjacent to an activating group) is 1. The van der Waals surface area contributed by atoms with E-state index in [1.807, 2.05) is 27.8 Å². The second-order valence-corrected chi connectivity index (χ2v) is 5.59. The van der Waals surface area contributed by atoms with Gasteiger partial charge in [-0.25, -0.2) is 0 Å². The lowest BCUT2D eigenvalue weighted by molar-refractivity contribution is -0.143. The average molecular weight is 213 g/mol. The number of carbonyl (C=O) groups is 1. The molecule has 1 aliphatic rings. The van der Waals surface area contributed by atoms with Crippen LogP contribution in [-0.2, 0) is 4.79 Å². The zero-order valence-electron chi connectivity index (χ0n) is 10.3. The van der Waals surface area contributed by atoms with Crippen LogP contribution < -0.4 is 0 Å². The van der Waals surface area contributed by atoms with E-state index in [1.165, 1.54) is 0 Å². The number of carbonyl (C=O) groups excluding carboxylic acids is 1. The Labute approximate surface area is 92.5 Å². The van der Waals surface area contributed by atoms with Gasteiger partial charge >= 0.3 is 0 Å². The molecule has 1 amide bonds. The minimum atomic E-state index is -0.355. The van der Waals surface area contributed by atoms with Crippen LogP contribution in [0.1, 0.15) is 46.5 Å². The molecule has 0 radical (unpaired) electrons. The smallest absolute Gasteiger partial charge is 0.228 e. The van der Waals surface area contributed by atoms with Gasteiger partial charge < -0.3 is 10.0 Å². The van der Waals surface area contributed by atoms with Crippen molar-refractivity contribution in [3.8, 4) is 0 Å². The zero-order chi connectivity index (χ0) is 11.6. The first-order chi connectivity index (χ1) is 6.84. The van der Waals surface area contributed by atoms with Gasteiger partial charge in [0, 0.05) is 12.5 Å². The second-order valence-electron chi connectivity index (χ2n) is 5.59. The minimum Gasteiger partial charge on any atom is -0.391 e. The predicted octanol–water partition coefficient (Wildman–Crippen LogP) is 1.79. The average Bonchev–Trinajstić information content (AvgIpc) is 2.15. The van der Waals surface area contributed by atoms with Crippen molar-refractivity contribution in [2.24, 2.45) is 5.41 Å². The molecule has 0 bridgehead atoms. The molecule has 0 saturated heterocycles. The number of aliphatic hydroxyl groups is 1. The van der Waals surface area contributed by atoms with Crippen molar-refractivity contribution in [3.05, 3.63) is 0 Å². The standard InChI is InChI=1S/C12H23NO2/c1-12(2,3)11(15)13(4)9-7-5-6-8-10(9)14/h9-10,14H,5-8H2,1-4H3/t9-,10-/m1/s1. The quantitative estimate of drug-likeness (QED) is 0.721. The Morgan fingerprint density at radius 2 is 1.80 bits per heavy atom. The molecule has 2 atom stereocenters. The topological polar surface area (TPSA) is 40.5 Å². The molecule has 0 heterocycles. The Kier molecular flexibility index (Phi) is 3.77. The van der Waals surface area contributed by atoms with Crippen molar-refractivity contribution in [1.29, 1.82) is 0 Å². The summed E-state index contributed by atoms with van der Waals surface area (Å²) in [5.74, 6) is 0.119. The number of aliphatic hydroxyl groups excluding tert-OH is 1. The summed E-state index contributed by atoms with van der Waals surface area (Å²) in [4.78, 5) is 13.8. The molecule has 0 unspecified atom stereocenters. The first-order valence-electron chi connectivity index (χ1n) is 5.79. The van der Waals surface area contributed by atoms with Crippen molar-refractivity contribution >= 4 is 5.91 Å². The highest BCUT2D eigenvalue weighted by atomic mass is 16.3. The van der Waals surface area contributed by atoms with Crippen molar-refractivity contribution in [3.63, 3.8) is 0 Å². The van der Waals surface area contributed by atoms with Crippen molar-refractivity contribution in [2.45, 2.75) is 58.6 Å². The Morgan fingerprint density at radius 1 is 1.27 bits per heavy atom. The summed E-state index contributed by atoms with van der Waals surface area (Å²) in [5.41, 5.74) is -0.355. The lowest BCUT2D eigenvalue weighted by Crippen LogP contribution is -2.49. The van der Waals surface area contributed by atoms with Gasteiger partial charge in [0.1, 0.15) is 0 Å². The number of nitrogens with zero attached hydrogens (tertiary/aromatic N) is 1. The summed E-state index contributed by atoms with van der Waals surface area (Å²) in [7, 11) is 1.81. The van der Waals surface area contributed by atoms with E-state index in [1.54, 1.807) is 4.90 Å². The summed E-state index contributed by atoms with van der Waals surface area (Å²) in [6, 6.07) is 0.0190. The maximum atomic E-state index is 12.0. The van der Waals surface area contributed by atoms with E-state index in [4.69, 9.17) is 0 Å². The van der Waals surface area contributed by atoms with E-state index < -0.39 is 0 Å². The van der Waals surface area contributed by atoms with Gasteiger partial charge in [-0.2, -0.15) is 0 Å². The van der Waals surface area contributed by atoms with Crippen LogP contribution in [0.3, 0.4) is 0 Å². The summed E-state index contributed by atoms with van der Waals surface area (Å²) < 4.78 is 0. The van der Waals surface area contributed by atoms with Crippen LogP contribution in [-0.4, -0.2) is 35.1 Å². The molecule has 1 N–H and O–H groups in total. The number of hydrogen-bond donors (Lipinski definition) is 1. The van der Waals surface area contributed by atoms with E-state index >= 15 is 0 Å². The Balaban J connectivity index is 2.66. The number of hydrogen-bond acceptors (Lipinski definition) is 2. The van der Waals surface area contributed by atoms with Gasteiger partial charge in [0.05, 0.1) is 12.1 Å². The van der Waals surface area contributed by atoms with Crippen LogP contribution in [0.15, 0.2) is 0 Å². The molecule has 1 saturated carbocycles. The molecule has 1 rings (SSSR count). The van der Waals surface area contributed by atoms with Gasteiger partial charge in [-0.05, 0) is 12.8 Å². The fourth-order valence-corrected chi connectivity index (χ4v) is 2.22. The minimum absolute atomic E-state index is 0.0190. The van der Waals surface area contributed by atoms with Crippen LogP contribution in [0.2, 0.25) is 0 Å². The van der Waals surface area contributed by atoms with Crippen LogP contribution in [0.4, 0.5) is 0 Å². The highest BCUT2D eigenvalue weighted by Gasteiger charge is 2.33. The molecule has 0 spiro atoms. The molecule has 0 aliphatic heterocycles. The first-order valence-corrected chi connectivity index (χ1v) is 5.79. The summed E-state index contributed by atoms with van der Waals surface area (Å²) in [6.45, 7) is 5.75. The van der Waals surface area contributed by atoms with Gasteiger partial charge in [-0.3, -0.25) is 4.79 Å². The summed E-state index contributed by atoms with van der Waals surface area (Å²) in [6.07, 6.45) is 3.61. The van der Waals surface area contributed by atoms with Crippen LogP contribution in [0.5, 0.6) is 0 Å². The molecule has 3 heteroatoms. The van der Waals surface area contributed by atoms with Gasteiger partial charge in [-0.1, -0.05) is 33.6 Å². The number of amides is 1. The number of rotatable bonds is 1. The molecular formula is C12H23NO2. The molecule has 0 aromatic heterocycles. The highest BCUT2D eigenvalue weighted by molar-refractivity contribution is 5.81. The van der Waals surface area contributed by atoms with E-state index in [2.05, 4.69) is 0 Å². The van der Waals surface area contributed by atoms with Crippen LogP contribution >= 0.6 is 0 Å². The highest BCUT2D eigenvalue weighted by Crippen LogP contribution is 2.26. The molecule has 0 aromatic rings. The van der Waals surface area contributed by atoms with Gasteiger partial charge in [0.15, 0.2) is 0 Å². The third-order valence-corrected chi connectivity index (χ3v) is 3.15. The van der Waals surface area contributed by atoms with Gasteiger partial charge in [-0.15, -0.1) is 0 Å². The van der Waals surface area contributed by atoms with Crippen LogP contribution in [0, 0.1) is 5.41 Å². The van der Waals surface area contributed by atoms with Crippen LogP contribution in [0.25, 0.3) is 0 Å².